The standard InChI is InChI=1S/C13H16FNO4/c1-13(2,3)19-12(18)15-10(7-16)9-6-8(14)4-5-11(9)17/h4-7,10,17H,1-3H3,(H,15,18). The van der Waals surface area contributed by atoms with Gasteiger partial charge in [-0.25, -0.2) is 9.18 Å². The second-order valence-corrected chi connectivity index (χ2v) is 4.96. The van der Waals surface area contributed by atoms with Gasteiger partial charge in [-0.3, -0.25) is 0 Å². The van der Waals surface area contributed by atoms with Crippen LogP contribution in [0.15, 0.2) is 18.2 Å². The predicted octanol–water partition coefficient (Wildman–Crippen LogP) is 2.30. The average Bonchev–Trinajstić information content (AvgIpc) is 2.27. The molecule has 0 spiro atoms. The summed E-state index contributed by atoms with van der Waals surface area (Å²) < 4.78 is 18.1. The lowest BCUT2D eigenvalue weighted by Gasteiger charge is -2.21. The number of amides is 1. The molecule has 1 aromatic rings. The number of carbonyl (C=O) groups excluding carboxylic acids is 2. The Morgan fingerprint density at radius 2 is 2.11 bits per heavy atom. The molecule has 1 aromatic carbocycles. The van der Waals surface area contributed by atoms with Crippen molar-refractivity contribution >= 4 is 12.4 Å². The first-order valence-electron chi connectivity index (χ1n) is 5.66. The largest absolute Gasteiger partial charge is 0.508 e. The van der Waals surface area contributed by atoms with Crippen molar-refractivity contribution in [2.45, 2.75) is 32.4 Å². The van der Waals surface area contributed by atoms with Crippen molar-refractivity contribution in [3.05, 3.63) is 29.6 Å². The van der Waals surface area contributed by atoms with Gasteiger partial charge < -0.3 is 20.0 Å². The number of phenols is 1. The number of nitrogens with one attached hydrogen (secondary N) is 1. The van der Waals surface area contributed by atoms with Gasteiger partial charge in [-0.2, -0.15) is 0 Å². The van der Waals surface area contributed by atoms with E-state index in [-0.39, 0.29) is 11.3 Å². The van der Waals surface area contributed by atoms with E-state index in [1.54, 1.807) is 20.8 Å². The Kier molecular flexibility index (Phi) is 4.47. The molecule has 0 aromatic heterocycles. The molecule has 1 amide bonds. The first kappa shape index (κ1) is 14.9. The number of halogens is 1. The van der Waals surface area contributed by atoms with Gasteiger partial charge in [0.15, 0.2) is 0 Å². The smallest absolute Gasteiger partial charge is 0.408 e. The summed E-state index contributed by atoms with van der Waals surface area (Å²) in [5.41, 5.74) is -0.748. The van der Waals surface area contributed by atoms with Crippen LogP contribution < -0.4 is 5.32 Å². The maximum absolute atomic E-state index is 13.1. The van der Waals surface area contributed by atoms with Crippen LogP contribution in [-0.2, 0) is 9.53 Å². The predicted molar refractivity (Wildman–Crippen MR) is 66.2 cm³/mol. The average molecular weight is 269 g/mol. The second kappa shape index (κ2) is 5.69. The second-order valence-electron chi connectivity index (χ2n) is 4.96. The van der Waals surface area contributed by atoms with Crippen LogP contribution in [0.1, 0.15) is 32.4 Å². The Hall–Kier alpha value is -2.11. The van der Waals surface area contributed by atoms with Gasteiger partial charge >= 0.3 is 6.09 Å². The Labute approximate surface area is 110 Å². The van der Waals surface area contributed by atoms with Crippen LogP contribution in [0.4, 0.5) is 9.18 Å². The van der Waals surface area contributed by atoms with E-state index in [1.807, 2.05) is 0 Å². The van der Waals surface area contributed by atoms with E-state index in [0.29, 0.717) is 6.29 Å². The first-order chi connectivity index (χ1) is 8.73. The molecule has 0 radical (unpaired) electrons. The number of hydrogen-bond acceptors (Lipinski definition) is 4. The maximum atomic E-state index is 13.1. The molecule has 1 unspecified atom stereocenters. The van der Waals surface area contributed by atoms with Gasteiger partial charge in [0.1, 0.15) is 29.5 Å². The molecule has 1 atom stereocenters. The number of aldehydes is 1. The number of carbonyl (C=O) groups is 2. The van der Waals surface area contributed by atoms with Crippen molar-refractivity contribution in [3.63, 3.8) is 0 Å². The molecule has 0 fully saturated rings. The van der Waals surface area contributed by atoms with Gasteiger partial charge in [0.05, 0.1) is 0 Å². The Morgan fingerprint density at radius 3 is 2.63 bits per heavy atom. The highest BCUT2D eigenvalue weighted by atomic mass is 19.1. The molecule has 6 heteroatoms. The fourth-order valence-corrected chi connectivity index (χ4v) is 1.39. The molecule has 0 saturated heterocycles. The number of benzene rings is 1. The molecule has 104 valence electrons. The fraction of sp³-hybridized carbons (Fsp3) is 0.385. The molecule has 0 aliphatic rings. The third kappa shape index (κ3) is 4.57. The number of alkyl carbamates (subject to hydrolysis) is 1. The quantitative estimate of drug-likeness (QED) is 0.825. The van der Waals surface area contributed by atoms with Crippen LogP contribution in [0, 0.1) is 5.82 Å². The Balaban J connectivity index is 2.87. The van der Waals surface area contributed by atoms with E-state index in [1.165, 1.54) is 0 Å². The minimum atomic E-state index is -1.18. The van der Waals surface area contributed by atoms with Gasteiger partial charge in [-0.05, 0) is 39.0 Å². The van der Waals surface area contributed by atoms with Gasteiger partial charge in [-0.15, -0.1) is 0 Å². The molecule has 2 N–H and O–H groups in total. The zero-order chi connectivity index (χ0) is 14.6. The lowest BCUT2D eigenvalue weighted by molar-refractivity contribution is -0.109. The maximum Gasteiger partial charge on any atom is 0.408 e. The van der Waals surface area contributed by atoms with E-state index in [2.05, 4.69) is 5.32 Å². The summed E-state index contributed by atoms with van der Waals surface area (Å²) in [4.78, 5) is 22.5. The highest BCUT2D eigenvalue weighted by Crippen LogP contribution is 2.24. The van der Waals surface area contributed by atoms with Crippen LogP contribution in [0.25, 0.3) is 0 Å². The van der Waals surface area contributed by atoms with E-state index in [4.69, 9.17) is 4.74 Å². The van der Waals surface area contributed by atoms with Gasteiger partial charge in [0, 0.05) is 5.56 Å². The van der Waals surface area contributed by atoms with Crippen LogP contribution in [-0.4, -0.2) is 23.1 Å². The third-order valence-electron chi connectivity index (χ3n) is 2.13. The summed E-state index contributed by atoms with van der Waals surface area (Å²) in [6.07, 6.45) is -0.438. The molecule has 0 aliphatic carbocycles. The summed E-state index contributed by atoms with van der Waals surface area (Å²) >= 11 is 0. The van der Waals surface area contributed by atoms with Gasteiger partial charge in [-0.1, -0.05) is 0 Å². The number of hydrogen-bond donors (Lipinski definition) is 2. The molecule has 0 bridgehead atoms. The summed E-state index contributed by atoms with van der Waals surface area (Å²) in [5, 5.41) is 11.8. The highest BCUT2D eigenvalue weighted by Gasteiger charge is 2.22. The highest BCUT2D eigenvalue weighted by molar-refractivity contribution is 5.75. The number of phenolic OH excluding ortho intramolecular Hbond substituents is 1. The molecule has 0 heterocycles. The normalized spacial score (nSPS) is 12.6. The fourth-order valence-electron chi connectivity index (χ4n) is 1.39. The lowest BCUT2D eigenvalue weighted by atomic mass is 10.1. The van der Waals surface area contributed by atoms with Crippen molar-refractivity contribution in [1.82, 2.24) is 5.32 Å². The van der Waals surface area contributed by atoms with Crippen LogP contribution in [0.5, 0.6) is 5.75 Å². The topological polar surface area (TPSA) is 75.6 Å². The van der Waals surface area contributed by atoms with Crippen LogP contribution in [0.3, 0.4) is 0 Å². The molecule has 19 heavy (non-hydrogen) atoms. The van der Waals surface area contributed by atoms with Crippen LogP contribution in [0.2, 0.25) is 0 Å². The van der Waals surface area contributed by atoms with Crippen molar-refractivity contribution in [1.29, 1.82) is 0 Å². The summed E-state index contributed by atoms with van der Waals surface area (Å²) in [5.74, 6) is -0.903. The van der Waals surface area contributed by atoms with Gasteiger partial charge in [0.25, 0.3) is 0 Å². The lowest BCUT2D eigenvalue weighted by Crippen LogP contribution is -2.35. The van der Waals surface area contributed by atoms with Crippen LogP contribution >= 0.6 is 0 Å². The monoisotopic (exact) mass is 269 g/mol. The Morgan fingerprint density at radius 1 is 1.47 bits per heavy atom. The SMILES string of the molecule is CC(C)(C)OC(=O)NC(C=O)c1cc(F)ccc1O. The van der Waals surface area contributed by atoms with E-state index >= 15 is 0 Å². The minimum absolute atomic E-state index is 0.0270. The summed E-state index contributed by atoms with van der Waals surface area (Å²) in [6, 6.07) is 1.96. The van der Waals surface area contributed by atoms with Crippen molar-refractivity contribution in [2.75, 3.05) is 0 Å². The van der Waals surface area contributed by atoms with E-state index in [0.717, 1.165) is 18.2 Å². The number of ether oxygens (including phenoxy) is 1. The molecule has 1 rings (SSSR count). The minimum Gasteiger partial charge on any atom is -0.508 e. The first-order valence-corrected chi connectivity index (χ1v) is 5.66. The zero-order valence-corrected chi connectivity index (χ0v) is 10.9. The number of aromatic hydroxyl groups is 1. The number of rotatable bonds is 3. The summed E-state index contributed by atoms with van der Waals surface area (Å²) in [7, 11) is 0. The third-order valence-corrected chi connectivity index (χ3v) is 2.13. The molecule has 5 nitrogen and oxygen atoms in total. The van der Waals surface area contributed by atoms with E-state index < -0.39 is 23.6 Å². The molecule has 0 saturated carbocycles. The molecule has 0 aliphatic heterocycles. The van der Waals surface area contributed by atoms with Crippen molar-refractivity contribution < 1.29 is 23.8 Å². The molecular formula is C13H16FNO4. The summed E-state index contributed by atoms with van der Waals surface area (Å²) in [6.45, 7) is 5.01. The van der Waals surface area contributed by atoms with Crippen molar-refractivity contribution in [3.8, 4) is 5.75 Å². The van der Waals surface area contributed by atoms with E-state index in [9.17, 15) is 19.1 Å². The molecular weight excluding hydrogens is 253 g/mol. The zero-order valence-electron chi connectivity index (χ0n) is 10.9. The Bertz CT molecular complexity index is 482. The van der Waals surface area contributed by atoms with Crippen molar-refractivity contribution in [2.24, 2.45) is 0 Å². The van der Waals surface area contributed by atoms with Gasteiger partial charge in [0.2, 0.25) is 0 Å².